The van der Waals surface area contributed by atoms with E-state index < -0.39 is 0 Å². The van der Waals surface area contributed by atoms with Crippen LogP contribution < -0.4 is 4.74 Å². The molecule has 0 unspecified atom stereocenters. The SMILES string of the molecule is O=C1c2cc(-c3cnc(CO)nc3)ccc2OCCN1Cc1ncccn1. The van der Waals surface area contributed by atoms with Crippen LogP contribution in [-0.2, 0) is 13.2 Å². The number of benzene rings is 1. The molecule has 0 saturated carbocycles. The van der Waals surface area contributed by atoms with Crippen molar-refractivity contribution in [2.75, 3.05) is 13.2 Å². The van der Waals surface area contributed by atoms with Crippen molar-refractivity contribution in [3.8, 4) is 16.9 Å². The summed E-state index contributed by atoms with van der Waals surface area (Å²) in [5.74, 6) is 1.35. The Hall–Kier alpha value is -3.39. The molecule has 1 aromatic carbocycles. The third kappa shape index (κ3) is 3.61. The summed E-state index contributed by atoms with van der Waals surface area (Å²) in [7, 11) is 0. The standard InChI is InChI=1S/C19H17N5O3/c25-12-18-22-9-14(10-23-18)13-2-3-16-15(8-13)19(26)24(6-7-27-16)11-17-20-4-1-5-21-17/h1-5,8-10,25H,6-7,11-12H2. The van der Waals surface area contributed by atoms with Gasteiger partial charge in [0.1, 0.15) is 24.8 Å². The number of aromatic nitrogens is 4. The second kappa shape index (κ2) is 7.46. The van der Waals surface area contributed by atoms with E-state index >= 15 is 0 Å². The van der Waals surface area contributed by atoms with Crippen molar-refractivity contribution in [3.05, 3.63) is 66.3 Å². The van der Waals surface area contributed by atoms with E-state index in [1.54, 1.807) is 47.9 Å². The van der Waals surface area contributed by atoms with Gasteiger partial charge in [-0.05, 0) is 23.8 Å². The van der Waals surface area contributed by atoms with E-state index in [0.717, 1.165) is 11.1 Å². The van der Waals surface area contributed by atoms with Crippen LogP contribution in [0.15, 0.2) is 49.1 Å². The number of hydrogen-bond acceptors (Lipinski definition) is 7. The van der Waals surface area contributed by atoms with Crippen LogP contribution in [0.4, 0.5) is 0 Å². The lowest BCUT2D eigenvalue weighted by Crippen LogP contribution is -2.32. The number of amides is 1. The number of aliphatic hydroxyl groups is 1. The molecule has 27 heavy (non-hydrogen) atoms. The minimum atomic E-state index is -0.215. The molecule has 0 spiro atoms. The number of ether oxygens (including phenoxy) is 1. The second-order valence-corrected chi connectivity index (χ2v) is 6.00. The van der Waals surface area contributed by atoms with Crippen LogP contribution in [0, 0.1) is 0 Å². The summed E-state index contributed by atoms with van der Waals surface area (Å²) in [4.78, 5) is 31.3. The fourth-order valence-corrected chi connectivity index (χ4v) is 2.86. The third-order valence-electron chi connectivity index (χ3n) is 4.25. The first-order valence-electron chi connectivity index (χ1n) is 8.49. The Labute approximate surface area is 155 Å². The fraction of sp³-hybridized carbons (Fsp3) is 0.211. The lowest BCUT2D eigenvalue weighted by Gasteiger charge is -2.19. The van der Waals surface area contributed by atoms with Crippen molar-refractivity contribution in [3.63, 3.8) is 0 Å². The zero-order valence-electron chi connectivity index (χ0n) is 14.4. The lowest BCUT2D eigenvalue weighted by atomic mass is 10.0. The molecule has 136 valence electrons. The summed E-state index contributed by atoms with van der Waals surface area (Å²) in [6.07, 6.45) is 6.56. The van der Waals surface area contributed by atoms with Crippen LogP contribution >= 0.6 is 0 Å². The molecule has 0 radical (unpaired) electrons. The van der Waals surface area contributed by atoms with Crippen LogP contribution in [0.5, 0.6) is 5.75 Å². The maximum absolute atomic E-state index is 13.1. The molecule has 1 aliphatic rings. The summed E-state index contributed by atoms with van der Waals surface area (Å²) in [5, 5.41) is 9.07. The summed E-state index contributed by atoms with van der Waals surface area (Å²) in [5.41, 5.74) is 2.03. The van der Waals surface area contributed by atoms with E-state index in [9.17, 15) is 4.79 Å². The van der Waals surface area contributed by atoms with Gasteiger partial charge in [-0.1, -0.05) is 6.07 Å². The van der Waals surface area contributed by atoms with Gasteiger partial charge in [0.25, 0.3) is 5.91 Å². The molecule has 4 rings (SSSR count). The number of hydrogen-bond donors (Lipinski definition) is 1. The van der Waals surface area contributed by atoms with Gasteiger partial charge >= 0.3 is 0 Å². The van der Waals surface area contributed by atoms with E-state index in [1.165, 1.54) is 0 Å². The highest BCUT2D eigenvalue weighted by Crippen LogP contribution is 2.29. The van der Waals surface area contributed by atoms with Crippen LogP contribution in [0.2, 0.25) is 0 Å². The van der Waals surface area contributed by atoms with Gasteiger partial charge in [-0.3, -0.25) is 4.79 Å². The smallest absolute Gasteiger partial charge is 0.258 e. The monoisotopic (exact) mass is 363 g/mol. The Balaban J connectivity index is 1.64. The van der Waals surface area contributed by atoms with Crippen molar-refractivity contribution < 1.29 is 14.6 Å². The Bertz CT molecular complexity index is 947. The Morgan fingerprint density at radius 2 is 1.81 bits per heavy atom. The Kier molecular flexibility index (Phi) is 4.71. The van der Waals surface area contributed by atoms with Crippen molar-refractivity contribution in [1.82, 2.24) is 24.8 Å². The molecule has 2 aromatic heterocycles. The second-order valence-electron chi connectivity index (χ2n) is 6.00. The van der Waals surface area contributed by atoms with Crippen molar-refractivity contribution in [1.29, 1.82) is 0 Å². The van der Waals surface area contributed by atoms with Gasteiger partial charge in [0.05, 0.1) is 18.7 Å². The molecule has 8 heteroatoms. The maximum Gasteiger partial charge on any atom is 0.258 e. The minimum Gasteiger partial charge on any atom is -0.491 e. The van der Waals surface area contributed by atoms with Gasteiger partial charge in [-0.15, -0.1) is 0 Å². The molecule has 8 nitrogen and oxygen atoms in total. The first-order chi connectivity index (χ1) is 13.2. The van der Waals surface area contributed by atoms with Gasteiger partial charge in [0.15, 0.2) is 5.82 Å². The topological polar surface area (TPSA) is 101 Å². The first kappa shape index (κ1) is 17.0. The van der Waals surface area contributed by atoms with E-state index in [-0.39, 0.29) is 12.5 Å². The van der Waals surface area contributed by atoms with Crippen LogP contribution in [0.3, 0.4) is 0 Å². The van der Waals surface area contributed by atoms with Crippen molar-refractivity contribution in [2.24, 2.45) is 0 Å². The first-order valence-corrected chi connectivity index (χ1v) is 8.49. The maximum atomic E-state index is 13.1. The number of rotatable bonds is 4. The third-order valence-corrected chi connectivity index (χ3v) is 4.25. The molecule has 0 fully saturated rings. The molecule has 3 heterocycles. The average Bonchev–Trinajstić information content (AvgIpc) is 2.88. The summed E-state index contributed by atoms with van der Waals surface area (Å²) < 4.78 is 5.75. The Morgan fingerprint density at radius 3 is 2.56 bits per heavy atom. The fourth-order valence-electron chi connectivity index (χ4n) is 2.86. The average molecular weight is 363 g/mol. The number of aliphatic hydroxyl groups excluding tert-OH is 1. The quantitative estimate of drug-likeness (QED) is 0.749. The molecular weight excluding hydrogens is 346 g/mol. The molecule has 0 bridgehead atoms. The Morgan fingerprint density at radius 1 is 1.04 bits per heavy atom. The number of carbonyl (C=O) groups excluding carboxylic acids is 1. The lowest BCUT2D eigenvalue weighted by molar-refractivity contribution is 0.0738. The minimum absolute atomic E-state index is 0.135. The van der Waals surface area contributed by atoms with Crippen LogP contribution in [0.1, 0.15) is 22.0 Å². The molecule has 1 N–H and O–H groups in total. The van der Waals surface area contributed by atoms with Gasteiger partial charge in [0, 0.05) is 30.4 Å². The summed E-state index contributed by atoms with van der Waals surface area (Å²) in [6.45, 7) is 0.961. The molecular formula is C19H17N5O3. The predicted molar refractivity (Wildman–Crippen MR) is 95.7 cm³/mol. The number of nitrogens with zero attached hydrogens (tertiary/aromatic N) is 5. The van der Waals surface area contributed by atoms with Crippen LogP contribution in [-0.4, -0.2) is 49.0 Å². The number of fused-ring (bicyclic) bond motifs is 1. The van der Waals surface area contributed by atoms with E-state index in [4.69, 9.17) is 9.84 Å². The van der Waals surface area contributed by atoms with Gasteiger partial charge in [-0.2, -0.15) is 0 Å². The van der Waals surface area contributed by atoms with E-state index in [1.807, 2.05) is 6.07 Å². The zero-order valence-corrected chi connectivity index (χ0v) is 14.4. The molecule has 0 atom stereocenters. The van der Waals surface area contributed by atoms with Gasteiger partial charge in [-0.25, -0.2) is 19.9 Å². The molecule has 3 aromatic rings. The molecule has 0 saturated heterocycles. The molecule has 1 aliphatic heterocycles. The highest BCUT2D eigenvalue weighted by Gasteiger charge is 2.25. The van der Waals surface area contributed by atoms with Crippen molar-refractivity contribution >= 4 is 5.91 Å². The highest BCUT2D eigenvalue weighted by atomic mass is 16.5. The normalized spacial score (nSPS) is 13.7. The van der Waals surface area contributed by atoms with Gasteiger partial charge < -0.3 is 14.7 Å². The summed E-state index contributed by atoms with van der Waals surface area (Å²) >= 11 is 0. The zero-order chi connectivity index (χ0) is 18.6. The van der Waals surface area contributed by atoms with Crippen molar-refractivity contribution in [2.45, 2.75) is 13.2 Å². The highest BCUT2D eigenvalue weighted by molar-refractivity contribution is 5.98. The largest absolute Gasteiger partial charge is 0.491 e. The predicted octanol–water partition coefficient (Wildman–Crippen LogP) is 1.46. The van der Waals surface area contributed by atoms with Gasteiger partial charge in [0.2, 0.25) is 0 Å². The van der Waals surface area contributed by atoms with Crippen LogP contribution in [0.25, 0.3) is 11.1 Å². The molecule has 1 amide bonds. The summed E-state index contributed by atoms with van der Waals surface area (Å²) in [6, 6.07) is 7.16. The molecule has 0 aliphatic carbocycles. The van der Waals surface area contributed by atoms with E-state index in [0.29, 0.717) is 42.7 Å². The van der Waals surface area contributed by atoms with E-state index in [2.05, 4.69) is 19.9 Å². The number of carbonyl (C=O) groups is 1.